The van der Waals surface area contributed by atoms with E-state index in [0.29, 0.717) is 11.3 Å². The van der Waals surface area contributed by atoms with Gasteiger partial charge in [-0.05, 0) is 30.7 Å². The van der Waals surface area contributed by atoms with Gasteiger partial charge in [0.05, 0.1) is 10.4 Å². The number of hydrogen-bond acceptors (Lipinski definition) is 3. The molecule has 4 nitrogen and oxygen atoms in total. The summed E-state index contributed by atoms with van der Waals surface area (Å²) in [5, 5.41) is 0. The molecule has 0 saturated carbocycles. The summed E-state index contributed by atoms with van der Waals surface area (Å²) in [5.74, 6) is 0. The summed E-state index contributed by atoms with van der Waals surface area (Å²) in [4.78, 5) is 21.9. The molecule has 0 bridgehead atoms. The number of halogens is 3. The Morgan fingerprint density at radius 2 is 1.80 bits per heavy atom. The molecule has 0 amide bonds. The van der Waals surface area contributed by atoms with Crippen molar-refractivity contribution in [2.24, 2.45) is 0 Å². The molecule has 0 saturated heterocycles. The van der Waals surface area contributed by atoms with Gasteiger partial charge in [0.2, 0.25) is 0 Å². The van der Waals surface area contributed by atoms with E-state index in [4.69, 9.17) is 9.79 Å². The van der Waals surface area contributed by atoms with Crippen molar-refractivity contribution in [1.29, 1.82) is 0 Å². The van der Waals surface area contributed by atoms with Crippen LogP contribution in [0.3, 0.4) is 0 Å². The van der Waals surface area contributed by atoms with E-state index in [-0.39, 0.29) is 63.6 Å². The molecule has 0 fully saturated rings. The van der Waals surface area contributed by atoms with Crippen LogP contribution >= 0.6 is 36.2 Å². The van der Waals surface area contributed by atoms with Gasteiger partial charge in [0.25, 0.3) is 0 Å². The van der Waals surface area contributed by atoms with Crippen LogP contribution in [0, 0.1) is 0 Å². The third-order valence-electron chi connectivity index (χ3n) is 3.38. The Morgan fingerprint density at radius 1 is 1.20 bits per heavy atom. The zero-order valence-corrected chi connectivity index (χ0v) is 15.2. The Hall–Kier alpha value is 1.21. The molecule has 1 atom stereocenters. The summed E-state index contributed by atoms with van der Waals surface area (Å²) in [6, 6.07) is 8.97. The fourth-order valence-corrected chi connectivity index (χ4v) is 3.58. The molecule has 11 heteroatoms. The van der Waals surface area contributed by atoms with Crippen LogP contribution in [0.4, 0.5) is 8.78 Å². The first kappa shape index (κ1) is 26.2. The Kier molecular flexibility index (Phi) is 10.1. The van der Waals surface area contributed by atoms with Gasteiger partial charge in [0, 0.05) is 16.2 Å². The van der Waals surface area contributed by atoms with Crippen LogP contribution < -0.4 is 0 Å². The van der Waals surface area contributed by atoms with Crippen LogP contribution in [0.1, 0.15) is 23.7 Å². The van der Waals surface area contributed by atoms with Gasteiger partial charge in [-0.2, -0.15) is 21.4 Å². The molecule has 1 aromatic carbocycles. The second-order valence-electron chi connectivity index (χ2n) is 5.07. The molecule has 128 valence electrons. The van der Waals surface area contributed by atoms with Crippen molar-refractivity contribution in [3.8, 4) is 0 Å². The van der Waals surface area contributed by atoms with E-state index >= 15 is 0 Å². The summed E-state index contributed by atoms with van der Waals surface area (Å²) >= 11 is 7.52. The first-order valence-electron chi connectivity index (χ1n) is 6.36. The van der Waals surface area contributed by atoms with Crippen LogP contribution in [0.2, 0.25) is 0 Å². The second kappa shape index (κ2) is 9.61. The Balaban J connectivity index is 0.00000288. The van der Waals surface area contributed by atoms with Gasteiger partial charge >= 0.3 is 72.4 Å². The predicted octanol–water partition coefficient (Wildman–Crippen LogP) is 2.97. The van der Waals surface area contributed by atoms with E-state index in [1.807, 2.05) is 0 Å². The summed E-state index contributed by atoms with van der Waals surface area (Å²) in [5.41, 5.74) is -3.89. The van der Waals surface area contributed by atoms with Crippen LogP contribution in [0.5, 0.6) is 0 Å². The summed E-state index contributed by atoms with van der Waals surface area (Å²) < 4.78 is 37.7. The summed E-state index contributed by atoms with van der Waals surface area (Å²) in [6.45, 7) is 1.75. The number of alkyl halides is 2. The summed E-state index contributed by atoms with van der Waals surface area (Å²) in [6.07, 6.45) is 1.59. The SMILES string of the molecule is CC(S)(c1ccc(C(F)(F)P(=O)(O)O)c(Br)c1)c1ccccn1.[NaH].[NaH]. The topological polar surface area (TPSA) is 70.4 Å². The van der Waals surface area contributed by atoms with Crippen LogP contribution in [-0.4, -0.2) is 73.9 Å². The molecule has 0 aliphatic rings. The van der Waals surface area contributed by atoms with Crippen LogP contribution in [0.15, 0.2) is 47.1 Å². The minimum atomic E-state index is -5.63. The summed E-state index contributed by atoms with van der Waals surface area (Å²) in [7, 11) is -5.63. The molecular weight excluding hydrogens is 457 g/mol. The standard InChI is InChI=1S/C14H13BrF2NO3PS.2Na.2H/c1-13(23,12-4-2-3-7-18-12)9-5-6-10(11(15)8-9)14(16,17)22(19,20)21;;;;/h2-8,23H,1H3,(H2,19,20,21);;;;. The molecule has 1 unspecified atom stereocenters. The average molecular weight is 472 g/mol. The number of hydrogen-bond donors (Lipinski definition) is 3. The van der Waals surface area contributed by atoms with Gasteiger partial charge in [-0.3, -0.25) is 9.55 Å². The molecule has 0 radical (unpaired) electrons. The van der Waals surface area contributed by atoms with E-state index in [9.17, 15) is 13.3 Å². The van der Waals surface area contributed by atoms with Crippen molar-refractivity contribution in [1.82, 2.24) is 4.98 Å². The van der Waals surface area contributed by atoms with E-state index in [2.05, 4.69) is 33.5 Å². The zero-order valence-electron chi connectivity index (χ0n) is 11.8. The first-order chi connectivity index (χ1) is 10.5. The van der Waals surface area contributed by atoms with E-state index in [0.717, 1.165) is 6.07 Å². The van der Waals surface area contributed by atoms with Crippen molar-refractivity contribution >= 4 is 95.3 Å². The fourth-order valence-electron chi connectivity index (χ4n) is 2.02. The van der Waals surface area contributed by atoms with Crippen molar-refractivity contribution in [2.45, 2.75) is 17.3 Å². The van der Waals surface area contributed by atoms with Crippen molar-refractivity contribution < 1.29 is 23.1 Å². The van der Waals surface area contributed by atoms with Gasteiger partial charge in [-0.15, -0.1) is 0 Å². The van der Waals surface area contributed by atoms with E-state index in [1.54, 1.807) is 31.3 Å². The third-order valence-corrected chi connectivity index (χ3v) is 5.50. The van der Waals surface area contributed by atoms with Crippen molar-refractivity contribution in [3.05, 3.63) is 63.9 Å². The zero-order chi connectivity index (χ0) is 17.5. The minimum absolute atomic E-state index is 0. The maximum atomic E-state index is 13.9. The number of pyridine rings is 1. The molecule has 25 heavy (non-hydrogen) atoms. The number of benzene rings is 1. The monoisotopic (exact) mass is 471 g/mol. The molecule has 2 rings (SSSR count). The molecule has 0 aliphatic heterocycles. The van der Waals surface area contributed by atoms with Gasteiger partial charge in [0.1, 0.15) is 0 Å². The molecule has 1 heterocycles. The molecule has 0 aliphatic carbocycles. The number of nitrogens with zero attached hydrogens (tertiary/aromatic N) is 1. The first-order valence-corrected chi connectivity index (χ1v) is 9.21. The molecule has 2 aromatic rings. The van der Waals surface area contributed by atoms with Gasteiger partial charge in [-0.1, -0.05) is 34.1 Å². The molecular formula is C14H15BrF2NNa2O3PS. The Morgan fingerprint density at radius 3 is 2.24 bits per heavy atom. The van der Waals surface area contributed by atoms with E-state index < -0.39 is 23.6 Å². The average Bonchev–Trinajstić information content (AvgIpc) is 2.46. The van der Waals surface area contributed by atoms with Crippen LogP contribution in [-0.2, 0) is 15.0 Å². The quantitative estimate of drug-likeness (QED) is 0.364. The maximum absolute atomic E-state index is 13.9. The normalized spacial score (nSPS) is 14.0. The van der Waals surface area contributed by atoms with Crippen LogP contribution in [0.25, 0.3) is 0 Å². The van der Waals surface area contributed by atoms with E-state index in [1.165, 1.54) is 12.1 Å². The Bertz CT molecular complexity index is 778. The van der Waals surface area contributed by atoms with Gasteiger partial charge in [-0.25, -0.2) is 0 Å². The fraction of sp³-hybridized carbons (Fsp3) is 0.214. The molecule has 0 spiro atoms. The second-order valence-corrected chi connectivity index (χ2v) is 8.47. The molecule has 2 N–H and O–H groups in total. The van der Waals surface area contributed by atoms with Gasteiger partial charge < -0.3 is 9.79 Å². The van der Waals surface area contributed by atoms with Gasteiger partial charge in [0.15, 0.2) is 0 Å². The number of aromatic nitrogens is 1. The number of rotatable bonds is 4. The van der Waals surface area contributed by atoms with Crippen molar-refractivity contribution in [3.63, 3.8) is 0 Å². The van der Waals surface area contributed by atoms with Crippen molar-refractivity contribution in [2.75, 3.05) is 0 Å². The Labute approximate surface area is 202 Å². The number of thiol groups is 1. The molecule has 1 aromatic heterocycles. The third kappa shape index (κ3) is 5.61. The predicted molar refractivity (Wildman–Crippen MR) is 104 cm³/mol.